The average Bonchev–Trinajstić information content (AvgIpc) is 2.45. The number of hydrogen-bond donors (Lipinski definition) is 0. The van der Waals surface area contributed by atoms with E-state index >= 15 is 0 Å². The number of nitrogens with zero attached hydrogens (tertiary/aromatic N) is 2. The fraction of sp³-hybridized carbons (Fsp3) is 0.684. The fourth-order valence-corrected chi connectivity index (χ4v) is 3.81. The summed E-state index contributed by atoms with van der Waals surface area (Å²) < 4.78 is 0. The van der Waals surface area contributed by atoms with Crippen molar-refractivity contribution in [3.63, 3.8) is 0 Å². The maximum atomic E-state index is 2.62. The quantitative estimate of drug-likeness (QED) is 0.824. The molecule has 0 saturated carbocycles. The maximum Gasteiger partial charge on any atom is 0.0366 e. The lowest BCUT2D eigenvalue weighted by atomic mass is 9.71. The van der Waals surface area contributed by atoms with Gasteiger partial charge in [0.1, 0.15) is 0 Å². The minimum Gasteiger partial charge on any atom is -0.371 e. The van der Waals surface area contributed by atoms with Gasteiger partial charge in [-0.15, -0.1) is 0 Å². The Hall–Kier alpha value is -1.02. The first-order valence-corrected chi connectivity index (χ1v) is 8.58. The molecule has 2 aliphatic heterocycles. The van der Waals surface area contributed by atoms with Crippen LogP contribution < -0.4 is 4.90 Å². The molecule has 0 N–H and O–H groups in total. The molecular formula is C19H30N2. The molecule has 0 aromatic heterocycles. The van der Waals surface area contributed by atoms with Gasteiger partial charge in [-0.05, 0) is 55.7 Å². The van der Waals surface area contributed by atoms with Gasteiger partial charge in [0.05, 0.1) is 0 Å². The Labute approximate surface area is 130 Å². The van der Waals surface area contributed by atoms with E-state index in [1.807, 2.05) is 0 Å². The van der Waals surface area contributed by atoms with Crippen LogP contribution in [0, 0.1) is 5.41 Å². The second kappa shape index (κ2) is 5.64. The van der Waals surface area contributed by atoms with E-state index in [-0.39, 0.29) is 0 Å². The fourth-order valence-electron chi connectivity index (χ4n) is 3.81. The Morgan fingerprint density at radius 1 is 0.905 bits per heavy atom. The molecule has 2 nitrogen and oxygen atoms in total. The highest BCUT2D eigenvalue weighted by atomic mass is 15.2. The molecule has 21 heavy (non-hydrogen) atoms. The van der Waals surface area contributed by atoms with Crippen molar-refractivity contribution in [3.8, 4) is 0 Å². The van der Waals surface area contributed by atoms with Gasteiger partial charge in [0.15, 0.2) is 0 Å². The Kier molecular flexibility index (Phi) is 4.00. The normalized spacial score (nSPS) is 22.1. The van der Waals surface area contributed by atoms with Crippen LogP contribution >= 0.6 is 0 Å². The van der Waals surface area contributed by atoms with Crippen LogP contribution in [-0.2, 0) is 0 Å². The van der Waals surface area contributed by atoms with Crippen molar-refractivity contribution in [1.82, 2.24) is 4.90 Å². The van der Waals surface area contributed by atoms with Gasteiger partial charge in [-0.1, -0.05) is 26.0 Å². The zero-order valence-corrected chi connectivity index (χ0v) is 14.1. The second-order valence-corrected chi connectivity index (χ2v) is 7.73. The average molecular weight is 286 g/mol. The van der Waals surface area contributed by atoms with Gasteiger partial charge in [-0.2, -0.15) is 0 Å². The molecule has 3 rings (SSSR count). The summed E-state index contributed by atoms with van der Waals surface area (Å²) in [5.74, 6) is 0.626. The molecule has 0 atom stereocenters. The molecule has 1 aromatic carbocycles. The van der Waals surface area contributed by atoms with Crippen LogP contribution in [0.3, 0.4) is 0 Å². The van der Waals surface area contributed by atoms with Gasteiger partial charge in [-0.25, -0.2) is 0 Å². The van der Waals surface area contributed by atoms with Crippen LogP contribution in [0.25, 0.3) is 0 Å². The highest BCUT2D eigenvalue weighted by Crippen LogP contribution is 2.42. The molecule has 2 heterocycles. The van der Waals surface area contributed by atoms with E-state index in [0.717, 1.165) is 6.04 Å². The van der Waals surface area contributed by atoms with Crippen LogP contribution in [0.1, 0.15) is 52.0 Å². The predicted molar refractivity (Wildman–Crippen MR) is 91.1 cm³/mol. The molecule has 0 radical (unpaired) electrons. The largest absolute Gasteiger partial charge is 0.371 e. The Bertz CT molecular complexity index is 459. The SMILES string of the molecule is CC(C)c1ccc(N2CCC3(CC2)CN(C(C)C)C3)cc1. The first-order valence-electron chi connectivity index (χ1n) is 8.58. The monoisotopic (exact) mass is 286 g/mol. The standard InChI is InChI=1S/C19H30N2/c1-15(2)17-5-7-18(8-6-17)20-11-9-19(10-12-20)13-21(14-19)16(3)4/h5-8,15-16H,9-14H2,1-4H3. The van der Waals surface area contributed by atoms with Crippen molar-refractivity contribution >= 4 is 5.69 Å². The molecule has 2 saturated heterocycles. The molecule has 0 amide bonds. The first kappa shape index (κ1) is 14.9. The predicted octanol–water partition coefficient (Wildman–Crippen LogP) is 4.12. The number of anilines is 1. The van der Waals surface area contributed by atoms with E-state index in [2.05, 4.69) is 61.8 Å². The topological polar surface area (TPSA) is 6.48 Å². The minimum absolute atomic E-state index is 0.626. The Balaban J connectivity index is 1.56. The smallest absolute Gasteiger partial charge is 0.0366 e. The lowest BCUT2D eigenvalue weighted by Crippen LogP contribution is -2.62. The zero-order valence-electron chi connectivity index (χ0n) is 14.1. The van der Waals surface area contributed by atoms with Crippen LogP contribution in [0.2, 0.25) is 0 Å². The van der Waals surface area contributed by atoms with Crippen LogP contribution in [0.5, 0.6) is 0 Å². The molecule has 2 heteroatoms. The van der Waals surface area contributed by atoms with Gasteiger partial charge >= 0.3 is 0 Å². The second-order valence-electron chi connectivity index (χ2n) is 7.73. The summed E-state index contributed by atoms with van der Waals surface area (Å²) in [4.78, 5) is 5.19. The van der Waals surface area contributed by atoms with Crippen molar-refractivity contribution in [2.45, 2.75) is 52.5 Å². The highest BCUT2D eigenvalue weighted by molar-refractivity contribution is 5.48. The van der Waals surface area contributed by atoms with Crippen LogP contribution in [0.15, 0.2) is 24.3 Å². The summed E-state index contributed by atoms with van der Waals surface area (Å²) in [5.41, 5.74) is 3.49. The third-order valence-corrected chi connectivity index (χ3v) is 5.56. The number of rotatable bonds is 3. The van der Waals surface area contributed by atoms with E-state index in [4.69, 9.17) is 0 Å². The lowest BCUT2D eigenvalue weighted by molar-refractivity contribution is -0.0380. The Morgan fingerprint density at radius 3 is 1.95 bits per heavy atom. The van der Waals surface area contributed by atoms with Crippen LogP contribution in [-0.4, -0.2) is 37.1 Å². The van der Waals surface area contributed by atoms with Gasteiger partial charge in [0.2, 0.25) is 0 Å². The minimum atomic E-state index is 0.626. The summed E-state index contributed by atoms with van der Waals surface area (Å²) in [5, 5.41) is 0. The van der Waals surface area contributed by atoms with Gasteiger partial charge in [-0.3, -0.25) is 4.90 Å². The first-order chi connectivity index (χ1) is 9.99. The molecule has 0 aliphatic carbocycles. The number of hydrogen-bond acceptors (Lipinski definition) is 2. The molecule has 2 aliphatic rings. The third-order valence-electron chi connectivity index (χ3n) is 5.56. The summed E-state index contributed by atoms with van der Waals surface area (Å²) in [6.07, 6.45) is 2.73. The summed E-state index contributed by atoms with van der Waals surface area (Å²) in [6.45, 7) is 14.3. The molecule has 116 valence electrons. The molecule has 0 bridgehead atoms. The summed E-state index contributed by atoms with van der Waals surface area (Å²) in [7, 11) is 0. The van der Waals surface area contributed by atoms with E-state index in [1.165, 1.54) is 50.3 Å². The Morgan fingerprint density at radius 2 is 1.48 bits per heavy atom. The van der Waals surface area contributed by atoms with E-state index in [1.54, 1.807) is 0 Å². The van der Waals surface area contributed by atoms with Crippen molar-refractivity contribution in [3.05, 3.63) is 29.8 Å². The number of likely N-dealkylation sites (tertiary alicyclic amines) is 1. The molecule has 0 unspecified atom stereocenters. The van der Waals surface area contributed by atoms with Gasteiger partial charge in [0.25, 0.3) is 0 Å². The molecule has 2 fully saturated rings. The van der Waals surface area contributed by atoms with Crippen molar-refractivity contribution in [2.24, 2.45) is 5.41 Å². The van der Waals surface area contributed by atoms with Crippen LogP contribution in [0.4, 0.5) is 5.69 Å². The third kappa shape index (κ3) is 2.96. The summed E-state index contributed by atoms with van der Waals surface area (Å²) >= 11 is 0. The van der Waals surface area contributed by atoms with Crippen molar-refractivity contribution in [2.75, 3.05) is 31.1 Å². The van der Waals surface area contributed by atoms with E-state index in [0.29, 0.717) is 11.3 Å². The molecule has 1 aromatic rings. The number of benzene rings is 1. The van der Waals surface area contributed by atoms with E-state index < -0.39 is 0 Å². The number of piperidine rings is 1. The molecule has 1 spiro atoms. The van der Waals surface area contributed by atoms with Gasteiger partial charge < -0.3 is 4.90 Å². The highest BCUT2D eigenvalue weighted by Gasteiger charge is 2.45. The maximum absolute atomic E-state index is 2.62. The summed E-state index contributed by atoms with van der Waals surface area (Å²) in [6, 6.07) is 9.95. The van der Waals surface area contributed by atoms with Gasteiger partial charge in [0, 0.05) is 37.9 Å². The van der Waals surface area contributed by atoms with E-state index in [9.17, 15) is 0 Å². The lowest BCUT2D eigenvalue weighted by Gasteiger charge is -2.56. The van der Waals surface area contributed by atoms with Crippen molar-refractivity contribution < 1.29 is 0 Å². The van der Waals surface area contributed by atoms with Crippen molar-refractivity contribution in [1.29, 1.82) is 0 Å². The molecular weight excluding hydrogens is 256 g/mol. The zero-order chi connectivity index (χ0) is 15.0.